The molecule has 0 saturated heterocycles. The van der Waals surface area contributed by atoms with E-state index in [4.69, 9.17) is 44.0 Å². The third kappa shape index (κ3) is 10.00. The molecule has 0 aromatic heterocycles. The predicted molar refractivity (Wildman–Crippen MR) is 135 cm³/mol. The van der Waals surface area contributed by atoms with Crippen molar-refractivity contribution in [2.24, 2.45) is 0 Å². The first-order chi connectivity index (χ1) is 14.7. The summed E-state index contributed by atoms with van der Waals surface area (Å²) in [4.78, 5) is 25.0. The van der Waals surface area contributed by atoms with Crippen molar-refractivity contribution in [1.82, 2.24) is 4.90 Å². The number of hydrogen-bond acceptors (Lipinski definition) is 4. The van der Waals surface area contributed by atoms with Crippen molar-refractivity contribution in [3.63, 3.8) is 0 Å². The van der Waals surface area contributed by atoms with Gasteiger partial charge in [-0.2, -0.15) is 0 Å². The molecule has 0 aliphatic carbocycles. The van der Waals surface area contributed by atoms with E-state index >= 15 is 0 Å². The number of carbonyl (C=O) groups excluding carboxylic acids is 2. The second-order valence-corrected chi connectivity index (χ2v) is 16.8. The Morgan fingerprint density at radius 2 is 1.75 bits per heavy atom. The molecule has 0 N–H and O–H groups in total. The summed E-state index contributed by atoms with van der Waals surface area (Å²) in [7, 11) is -0.434. The van der Waals surface area contributed by atoms with Gasteiger partial charge in [0.2, 0.25) is 3.79 Å². The summed E-state index contributed by atoms with van der Waals surface area (Å²) in [5, 5.41) is 0.0300. The molecule has 1 rings (SSSR count). The van der Waals surface area contributed by atoms with Crippen molar-refractivity contribution in [2.75, 3.05) is 13.7 Å². The largest absolute Gasteiger partial charge is 0.445 e. The topological polar surface area (TPSA) is 55.8 Å². The van der Waals surface area contributed by atoms with Gasteiger partial charge in [-0.1, -0.05) is 85.9 Å². The van der Waals surface area contributed by atoms with Crippen LogP contribution in [-0.2, 0) is 14.0 Å². The summed E-state index contributed by atoms with van der Waals surface area (Å²) in [6.45, 7) is 10.7. The maximum Gasteiger partial charge on any atom is 0.409 e. The highest BCUT2D eigenvalue weighted by Crippen LogP contribution is 2.41. The summed E-state index contributed by atoms with van der Waals surface area (Å²) < 4.78 is 10.3. The van der Waals surface area contributed by atoms with Gasteiger partial charge in [0.15, 0.2) is 8.32 Å². The molecule has 0 unspecified atom stereocenters. The molecule has 0 bridgehead atoms. The highest BCUT2D eigenvalue weighted by molar-refractivity contribution is 6.74. The normalized spacial score (nSPS) is 14.5. The molecule has 5 nitrogen and oxygen atoms in total. The Morgan fingerprint density at radius 3 is 2.25 bits per heavy atom. The average Bonchev–Trinajstić information content (AvgIpc) is 2.69. The number of hydrogen-bond donors (Lipinski definition) is 0. The molecule has 0 saturated carbocycles. The Labute approximate surface area is 208 Å². The Bertz CT molecular complexity index is 720. The first kappa shape index (κ1) is 29.2. The zero-order chi connectivity index (χ0) is 24.6. The van der Waals surface area contributed by atoms with E-state index in [1.807, 2.05) is 30.3 Å². The average molecular weight is 525 g/mol. The van der Waals surface area contributed by atoms with Gasteiger partial charge < -0.3 is 18.9 Å². The quantitative estimate of drug-likeness (QED) is 0.132. The second-order valence-electron chi connectivity index (χ2n) is 9.55. The third-order valence-corrected chi connectivity index (χ3v) is 10.8. The molecule has 0 aliphatic rings. The molecule has 1 amide bonds. The lowest BCUT2D eigenvalue weighted by molar-refractivity contribution is -0.108. The fraction of sp³-hybridized carbons (Fsp3) is 0.652. The molecule has 1 aromatic rings. The number of amides is 1. The number of unbranched alkanes of at least 4 members (excludes halogenated alkanes) is 1. The summed E-state index contributed by atoms with van der Waals surface area (Å²) in [6, 6.07) is 9.81. The minimum atomic E-state index is -2.10. The van der Waals surface area contributed by atoms with E-state index in [0.29, 0.717) is 25.7 Å². The van der Waals surface area contributed by atoms with E-state index in [0.717, 1.165) is 11.8 Å². The van der Waals surface area contributed by atoms with E-state index in [1.54, 1.807) is 7.05 Å². The number of ether oxygens (including phenoxy) is 1. The molecule has 1 aromatic carbocycles. The molecular formula is C23H36Cl3NO4Si. The van der Waals surface area contributed by atoms with E-state index in [9.17, 15) is 9.59 Å². The molecule has 0 spiro atoms. The van der Waals surface area contributed by atoms with Gasteiger partial charge in [-0.15, -0.1) is 0 Å². The molecule has 2 atom stereocenters. The molecule has 182 valence electrons. The number of rotatable bonds is 11. The Balaban J connectivity index is 3.15. The summed E-state index contributed by atoms with van der Waals surface area (Å²) in [5.41, 5.74) is 1.06. The van der Waals surface area contributed by atoms with Gasteiger partial charge >= 0.3 is 6.09 Å². The first-order valence-corrected chi connectivity index (χ1v) is 14.8. The highest BCUT2D eigenvalue weighted by atomic mass is 35.6. The Morgan fingerprint density at radius 1 is 1.16 bits per heavy atom. The van der Waals surface area contributed by atoms with Gasteiger partial charge in [0.05, 0.1) is 6.10 Å². The molecule has 9 heteroatoms. The van der Waals surface area contributed by atoms with Crippen molar-refractivity contribution in [3.05, 3.63) is 35.9 Å². The molecule has 0 radical (unpaired) electrons. The number of nitrogens with zero attached hydrogens (tertiary/aromatic N) is 1. The van der Waals surface area contributed by atoms with Gasteiger partial charge in [0, 0.05) is 19.5 Å². The zero-order valence-corrected chi connectivity index (χ0v) is 23.1. The number of carbonyl (C=O) groups is 2. The molecule has 32 heavy (non-hydrogen) atoms. The molecule has 0 aliphatic heterocycles. The highest BCUT2D eigenvalue weighted by Gasteiger charge is 2.40. The van der Waals surface area contributed by atoms with Crippen LogP contribution in [0.4, 0.5) is 4.79 Å². The fourth-order valence-electron chi connectivity index (χ4n) is 3.00. The third-order valence-electron chi connectivity index (χ3n) is 5.95. The van der Waals surface area contributed by atoms with Crippen LogP contribution >= 0.6 is 34.8 Å². The van der Waals surface area contributed by atoms with Crippen molar-refractivity contribution >= 4 is 55.5 Å². The van der Waals surface area contributed by atoms with Crippen LogP contribution in [0.25, 0.3) is 0 Å². The number of benzene rings is 1. The first-order valence-electron chi connectivity index (χ1n) is 10.8. The fourth-order valence-corrected chi connectivity index (χ4v) is 4.46. The summed E-state index contributed by atoms with van der Waals surface area (Å²) >= 11 is 17.2. The van der Waals surface area contributed by atoms with Crippen molar-refractivity contribution < 1.29 is 18.8 Å². The Hall–Kier alpha value is -0.793. The van der Waals surface area contributed by atoms with Gasteiger partial charge in [0.1, 0.15) is 12.9 Å². The van der Waals surface area contributed by atoms with E-state index < -0.39 is 18.2 Å². The minimum absolute atomic E-state index is 0.0300. The second kappa shape index (κ2) is 12.6. The van der Waals surface area contributed by atoms with Gasteiger partial charge in [-0.25, -0.2) is 4.79 Å². The minimum Gasteiger partial charge on any atom is -0.445 e. The van der Waals surface area contributed by atoms with Crippen LogP contribution in [0.3, 0.4) is 0 Å². The molecule has 0 fully saturated rings. The van der Waals surface area contributed by atoms with E-state index in [-0.39, 0.29) is 23.8 Å². The lowest BCUT2D eigenvalue weighted by Gasteiger charge is -2.41. The molecule has 0 heterocycles. The van der Waals surface area contributed by atoms with E-state index in [1.165, 1.54) is 4.90 Å². The van der Waals surface area contributed by atoms with Crippen LogP contribution < -0.4 is 0 Å². The van der Waals surface area contributed by atoms with Crippen LogP contribution in [0.15, 0.2) is 30.3 Å². The maximum absolute atomic E-state index is 12.7. The zero-order valence-electron chi connectivity index (χ0n) is 19.9. The molecular weight excluding hydrogens is 489 g/mol. The van der Waals surface area contributed by atoms with Crippen molar-refractivity contribution in [2.45, 2.75) is 80.5 Å². The SMILES string of the molecule is CN(C(=O)OCC(Cl)(Cl)Cl)[C@@H](CCCC=O)C[C@H](O[Si](C)(C)C(C)(C)C)c1ccccc1. The number of alkyl halides is 3. The van der Waals surface area contributed by atoms with Crippen LogP contribution in [0.1, 0.15) is 58.1 Å². The van der Waals surface area contributed by atoms with Crippen LogP contribution in [0.2, 0.25) is 18.1 Å². The van der Waals surface area contributed by atoms with Gasteiger partial charge in [0.25, 0.3) is 0 Å². The van der Waals surface area contributed by atoms with Gasteiger partial charge in [-0.3, -0.25) is 0 Å². The van der Waals surface area contributed by atoms with Crippen LogP contribution in [0, 0.1) is 0 Å². The Kier molecular flexibility index (Phi) is 11.5. The predicted octanol–water partition coefficient (Wildman–Crippen LogP) is 7.32. The van der Waals surface area contributed by atoms with Crippen LogP contribution in [-0.4, -0.2) is 49.1 Å². The summed E-state index contributed by atoms with van der Waals surface area (Å²) in [5.74, 6) is 0. The summed E-state index contributed by atoms with van der Waals surface area (Å²) in [6.07, 6.45) is 2.37. The van der Waals surface area contributed by atoms with Gasteiger partial charge in [-0.05, 0) is 43.0 Å². The number of aldehydes is 1. The smallest absolute Gasteiger partial charge is 0.409 e. The van der Waals surface area contributed by atoms with E-state index in [2.05, 4.69) is 33.9 Å². The van der Waals surface area contributed by atoms with Crippen molar-refractivity contribution in [3.8, 4) is 0 Å². The maximum atomic E-state index is 12.7. The lowest BCUT2D eigenvalue weighted by atomic mass is 9.97. The van der Waals surface area contributed by atoms with Crippen LogP contribution in [0.5, 0.6) is 0 Å². The van der Waals surface area contributed by atoms with Crippen molar-refractivity contribution in [1.29, 1.82) is 0 Å². The number of halogens is 3. The monoisotopic (exact) mass is 523 g/mol. The lowest BCUT2D eigenvalue weighted by Crippen LogP contribution is -2.44. The standard InChI is InChI=1S/C23H36Cl3NO4Si/c1-22(2,3)32(5,6)31-20(18-12-8-7-9-13-18)16-19(14-10-11-15-28)27(4)21(29)30-17-23(24,25)26/h7-9,12-13,15,19-20H,10-11,14,16-17H2,1-6H3/t19-,20-/m0/s1.